The molecule has 2 radical (unpaired) electrons. The SMILES string of the molecule is CSCCC(NC(C)=O)C(=O)O.[Ca]. The Hall–Kier alpha value is 0.550. The Morgan fingerprint density at radius 2 is 2.08 bits per heavy atom. The van der Waals surface area contributed by atoms with Gasteiger partial charge in [0.2, 0.25) is 5.91 Å². The van der Waals surface area contributed by atoms with Gasteiger partial charge in [0.25, 0.3) is 0 Å². The normalized spacial score (nSPS) is 11.2. The van der Waals surface area contributed by atoms with Gasteiger partial charge in [-0.25, -0.2) is 4.79 Å². The Morgan fingerprint density at radius 1 is 1.54 bits per heavy atom. The molecular weight excluding hydrogens is 218 g/mol. The number of carboxylic acids is 1. The fourth-order valence-corrected chi connectivity index (χ4v) is 1.21. The summed E-state index contributed by atoms with van der Waals surface area (Å²) in [7, 11) is 0. The number of rotatable bonds is 5. The van der Waals surface area contributed by atoms with E-state index in [2.05, 4.69) is 5.32 Å². The average molecular weight is 231 g/mol. The molecule has 0 aromatic heterocycles. The number of aliphatic carboxylic acids is 1. The maximum absolute atomic E-state index is 10.5. The van der Waals surface area contributed by atoms with Gasteiger partial charge in [0.05, 0.1) is 0 Å². The predicted molar refractivity (Wildman–Crippen MR) is 54.0 cm³/mol. The van der Waals surface area contributed by atoms with Crippen LogP contribution in [0.25, 0.3) is 0 Å². The third-order valence-electron chi connectivity index (χ3n) is 1.29. The van der Waals surface area contributed by atoms with Gasteiger partial charge in [0.15, 0.2) is 0 Å². The minimum absolute atomic E-state index is 0. The minimum Gasteiger partial charge on any atom is -0.480 e. The monoisotopic (exact) mass is 231 g/mol. The zero-order valence-electron chi connectivity index (χ0n) is 7.87. The van der Waals surface area contributed by atoms with E-state index in [9.17, 15) is 9.59 Å². The number of carbonyl (C=O) groups is 2. The summed E-state index contributed by atoms with van der Waals surface area (Å²) in [6.45, 7) is 1.31. The van der Waals surface area contributed by atoms with Gasteiger partial charge in [-0.2, -0.15) is 11.8 Å². The standard InChI is InChI=1S/C7H13NO3S.Ca/c1-5(9)8-6(7(10)11)3-4-12-2;/h6H,3-4H2,1-2H3,(H,8,9)(H,10,11);. The summed E-state index contributed by atoms with van der Waals surface area (Å²) < 4.78 is 0. The van der Waals surface area contributed by atoms with Crippen LogP contribution in [0.1, 0.15) is 13.3 Å². The zero-order valence-corrected chi connectivity index (χ0v) is 10.9. The molecule has 13 heavy (non-hydrogen) atoms. The van der Waals surface area contributed by atoms with Crippen LogP contribution in [0, 0.1) is 0 Å². The van der Waals surface area contributed by atoms with Crippen LogP contribution in [0.15, 0.2) is 0 Å². The molecule has 0 aliphatic rings. The first-order valence-electron chi connectivity index (χ1n) is 3.56. The van der Waals surface area contributed by atoms with Crippen molar-refractivity contribution >= 4 is 61.4 Å². The summed E-state index contributed by atoms with van der Waals surface area (Å²) in [4.78, 5) is 21.1. The second-order valence-electron chi connectivity index (χ2n) is 2.37. The topological polar surface area (TPSA) is 66.4 Å². The summed E-state index contributed by atoms with van der Waals surface area (Å²) in [6.07, 6.45) is 2.36. The average Bonchev–Trinajstić information content (AvgIpc) is 1.96. The molecule has 6 heteroatoms. The Morgan fingerprint density at radius 3 is 2.38 bits per heavy atom. The number of nitrogens with one attached hydrogen (secondary N) is 1. The first-order chi connectivity index (χ1) is 5.57. The number of amides is 1. The predicted octanol–water partition coefficient (Wildman–Crippen LogP) is -0.0520. The van der Waals surface area contributed by atoms with Crippen molar-refractivity contribution in [3.8, 4) is 0 Å². The third-order valence-corrected chi connectivity index (χ3v) is 1.93. The van der Waals surface area contributed by atoms with Crippen molar-refractivity contribution in [3.63, 3.8) is 0 Å². The van der Waals surface area contributed by atoms with Crippen LogP contribution in [0.4, 0.5) is 0 Å². The number of thioether (sulfide) groups is 1. The largest absolute Gasteiger partial charge is 0.480 e. The molecule has 0 heterocycles. The summed E-state index contributed by atoms with van der Waals surface area (Å²) >= 11 is 1.56. The summed E-state index contributed by atoms with van der Waals surface area (Å²) in [5.74, 6) is -0.542. The summed E-state index contributed by atoms with van der Waals surface area (Å²) in [6, 6.07) is -0.741. The van der Waals surface area contributed by atoms with Gasteiger partial charge in [-0.05, 0) is 18.4 Å². The van der Waals surface area contributed by atoms with Crippen LogP contribution in [-0.4, -0.2) is 72.8 Å². The van der Waals surface area contributed by atoms with Crippen molar-refractivity contribution in [2.75, 3.05) is 12.0 Å². The zero-order chi connectivity index (χ0) is 9.56. The Bertz CT molecular complexity index is 177. The van der Waals surface area contributed by atoms with Crippen LogP contribution in [0.5, 0.6) is 0 Å². The third kappa shape index (κ3) is 8.87. The van der Waals surface area contributed by atoms with Crippen molar-refractivity contribution < 1.29 is 14.7 Å². The molecule has 0 aromatic carbocycles. The molecular formula is C7H13CaNO3S. The van der Waals surface area contributed by atoms with Crippen LogP contribution in [-0.2, 0) is 9.59 Å². The smallest absolute Gasteiger partial charge is 0.326 e. The van der Waals surface area contributed by atoms with E-state index >= 15 is 0 Å². The van der Waals surface area contributed by atoms with Gasteiger partial charge >= 0.3 is 5.97 Å². The van der Waals surface area contributed by atoms with E-state index < -0.39 is 12.0 Å². The van der Waals surface area contributed by atoms with E-state index in [-0.39, 0.29) is 43.6 Å². The van der Waals surface area contributed by atoms with Crippen molar-refractivity contribution in [2.24, 2.45) is 0 Å². The molecule has 1 atom stereocenters. The molecule has 1 amide bonds. The summed E-state index contributed by atoms with van der Waals surface area (Å²) in [5, 5.41) is 11.0. The van der Waals surface area contributed by atoms with Gasteiger partial charge in [0, 0.05) is 44.7 Å². The molecule has 2 N–H and O–H groups in total. The summed E-state index contributed by atoms with van der Waals surface area (Å²) in [5.41, 5.74) is 0. The molecule has 0 saturated carbocycles. The first-order valence-corrected chi connectivity index (χ1v) is 4.96. The van der Waals surface area contributed by atoms with Crippen molar-refractivity contribution in [1.82, 2.24) is 5.32 Å². The molecule has 0 aromatic rings. The van der Waals surface area contributed by atoms with Crippen molar-refractivity contribution in [2.45, 2.75) is 19.4 Å². The van der Waals surface area contributed by atoms with Crippen molar-refractivity contribution in [3.05, 3.63) is 0 Å². The van der Waals surface area contributed by atoms with Crippen LogP contribution in [0.3, 0.4) is 0 Å². The minimum atomic E-state index is -0.973. The number of hydrogen-bond acceptors (Lipinski definition) is 3. The molecule has 4 nitrogen and oxygen atoms in total. The van der Waals surface area contributed by atoms with Gasteiger partial charge in [-0.3, -0.25) is 4.79 Å². The van der Waals surface area contributed by atoms with E-state index in [1.165, 1.54) is 6.92 Å². The second kappa shape index (κ2) is 9.12. The Kier molecular flexibility index (Phi) is 11.2. The molecule has 0 fully saturated rings. The second-order valence-corrected chi connectivity index (χ2v) is 3.36. The molecule has 1 unspecified atom stereocenters. The van der Waals surface area contributed by atoms with Crippen LogP contribution < -0.4 is 5.32 Å². The van der Waals surface area contributed by atoms with Gasteiger partial charge in [0.1, 0.15) is 6.04 Å². The van der Waals surface area contributed by atoms with Crippen LogP contribution in [0.2, 0.25) is 0 Å². The Labute approximate surface area is 112 Å². The quantitative estimate of drug-likeness (QED) is 0.651. The fourth-order valence-electron chi connectivity index (χ4n) is 0.738. The molecule has 0 rings (SSSR count). The van der Waals surface area contributed by atoms with Crippen molar-refractivity contribution in [1.29, 1.82) is 0 Å². The molecule has 0 aliphatic heterocycles. The molecule has 0 bridgehead atoms. The fraction of sp³-hybridized carbons (Fsp3) is 0.714. The maximum Gasteiger partial charge on any atom is 0.326 e. The van der Waals surface area contributed by atoms with E-state index in [0.717, 1.165) is 5.75 Å². The molecule has 0 spiro atoms. The van der Waals surface area contributed by atoms with E-state index in [4.69, 9.17) is 5.11 Å². The van der Waals surface area contributed by atoms with Gasteiger partial charge < -0.3 is 10.4 Å². The number of carbonyl (C=O) groups excluding carboxylic acids is 1. The van der Waals surface area contributed by atoms with E-state index in [0.29, 0.717) is 6.42 Å². The van der Waals surface area contributed by atoms with E-state index in [1.807, 2.05) is 6.26 Å². The Balaban J connectivity index is 0. The van der Waals surface area contributed by atoms with Crippen LogP contribution >= 0.6 is 11.8 Å². The number of hydrogen-bond donors (Lipinski definition) is 2. The molecule has 72 valence electrons. The maximum atomic E-state index is 10.5. The van der Waals surface area contributed by atoms with Gasteiger partial charge in [-0.15, -0.1) is 0 Å². The van der Waals surface area contributed by atoms with Gasteiger partial charge in [-0.1, -0.05) is 0 Å². The first kappa shape index (κ1) is 16.0. The molecule has 0 saturated heterocycles. The molecule has 0 aliphatic carbocycles. The number of carboxylic acid groups (broad SMARTS) is 1. The van der Waals surface area contributed by atoms with E-state index in [1.54, 1.807) is 11.8 Å².